The fourth-order valence-corrected chi connectivity index (χ4v) is 2.17. The fraction of sp³-hybridized carbons (Fsp3) is 0. The third kappa shape index (κ3) is 3.06. The molecule has 0 unspecified atom stereocenters. The number of non-ortho nitro benzene ring substituents is 2. The lowest BCUT2D eigenvalue weighted by atomic mass is 10.1. The van der Waals surface area contributed by atoms with Gasteiger partial charge < -0.3 is 4.42 Å². The third-order valence-electron chi connectivity index (χ3n) is 3.35. The van der Waals surface area contributed by atoms with Crippen molar-refractivity contribution in [2.45, 2.75) is 0 Å². The maximum absolute atomic E-state index is 11.2. The lowest BCUT2D eigenvalue weighted by molar-refractivity contribution is -0.393. The van der Waals surface area contributed by atoms with Crippen molar-refractivity contribution in [1.82, 2.24) is 10.2 Å². The predicted octanol–water partition coefficient (Wildman–Crippen LogP) is 3.13. The van der Waals surface area contributed by atoms with Crippen LogP contribution in [-0.2, 0) is 0 Å². The molecule has 0 radical (unpaired) electrons. The van der Waals surface area contributed by atoms with Gasteiger partial charge in [-0.15, -0.1) is 10.2 Å². The monoisotopic (exact) mass is 357 g/mol. The highest BCUT2D eigenvalue weighted by Gasteiger charge is 2.24. The van der Waals surface area contributed by atoms with Gasteiger partial charge in [-0.1, -0.05) is 6.07 Å². The van der Waals surface area contributed by atoms with Crippen molar-refractivity contribution in [3.05, 3.63) is 72.8 Å². The highest BCUT2D eigenvalue weighted by Crippen LogP contribution is 2.34. The molecule has 1 aromatic heterocycles. The predicted molar refractivity (Wildman–Crippen MR) is 85.1 cm³/mol. The van der Waals surface area contributed by atoms with Crippen molar-refractivity contribution in [2.24, 2.45) is 0 Å². The number of rotatable bonds is 5. The summed E-state index contributed by atoms with van der Waals surface area (Å²) < 4.78 is 5.36. The largest absolute Gasteiger partial charge is 0.416 e. The molecule has 0 fully saturated rings. The van der Waals surface area contributed by atoms with Crippen LogP contribution in [0.2, 0.25) is 0 Å². The van der Waals surface area contributed by atoms with E-state index in [2.05, 4.69) is 10.2 Å². The van der Waals surface area contributed by atoms with Crippen LogP contribution in [0, 0.1) is 30.3 Å². The van der Waals surface area contributed by atoms with Crippen molar-refractivity contribution in [3.8, 4) is 22.9 Å². The van der Waals surface area contributed by atoms with Gasteiger partial charge in [0, 0.05) is 23.8 Å². The molecule has 2 aromatic carbocycles. The van der Waals surface area contributed by atoms with Gasteiger partial charge in [-0.3, -0.25) is 30.3 Å². The van der Waals surface area contributed by atoms with E-state index in [1.165, 1.54) is 24.3 Å². The van der Waals surface area contributed by atoms with E-state index >= 15 is 0 Å². The van der Waals surface area contributed by atoms with Crippen LogP contribution in [0.5, 0.6) is 0 Å². The van der Waals surface area contributed by atoms with Crippen molar-refractivity contribution in [3.63, 3.8) is 0 Å². The van der Waals surface area contributed by atoms with Gasteiger partial charge in [-0.2, -0.15) is 0 Å². The van der Waals surface area contributed by atoms with E-state index in [1.54, 1.807) is 0 Å². The molecule has 0 N–H and O–H groups in total. The molecule has 0 aliphatic carbocycles. The van der Waals surface area contributed by atoms with E-state index < -0.39 is 26.1 Å². The first-order valence-corrected chi connectivity index (χ1v) is 6.88. The van der Waals surface area contributed by atoms with Crippen LogP contribution in [0.15, 0.2) is 46.9 Å². The minimum absolute atomic E-state index is 0.0867. The van der Waals surface area contributed by atoms with Gasteiger partial charge in [0.2, 0.25) is 5.89 Å². The van der Waals surface area contributed by atoms with E-state index in [9.17, 15) is 30.3 Å². The molecule has 0 aliphatic heterocycles. The van der Waals surface area contributed by atoms with Crippen LogP contribution in [0.4, 0.5) is 17.1 Å². The molecule has 3 rings (SSSR count). The summed E-state index contributed by atoms with van der Waals surface area (Å²) in [4.78, 5) is 30.6. The van der Waals surface area contributed by atoms with Crippen molar-refractivity contribution in [2.75, 3.05) is 0 Å². The highest BCUT2D eigenvalue weighted by molar-refractivity contribution is 5.70. The van der Waals surface area contributed by atoms with Gasteiger partial charge in [0.05, 0.1) is 20.8 Å². The van der Waals surface area contributed by atoms with Gasteiger partial charge in [-0.25, -0.2) is 0 Å². The van der Waals surface area contributed by atoms with Gasteiger partial charge >= 0.3 is 0 Å². The molecule has 0 aliphatic rings. The maximum atomic E-state index is 11.2. The van der Waals surface area contributed by atoms with Crippen LogP contribution in [0.1, 0.15) is 0 Å². The van der Waals surface area contributed by atoms with E-state index in [0.717, 1.165) is 18.2 Å². The van der Waals surface area contributed by atoms with Gasteiger partial charge in [0.15, 0.2) is 0 Å². The Morgan fingerprint density at radius 3 is 2.08 bits per heavy atom. The zero-order valence-electron chi connectivity index (χ0n) is 12.6. The van der Waals surface area contributed by atoms with Crippen LogP contribution in [0.25, 0.3) is 22.9 Å². The number of hydrogen-bond acceptors (Lipinski definition) is 9. The van der Waals surface area contributed by atoms with Crippen LogP contribution >= 0.6 is 0 Å². The Morgan fingerprint density at radius 2 is 1.42 bits per heavy atom. The van der Waals surface area contributed by atoms with Gasteiger partial charge in [0.25, 0.3) is 23.0 Å². The molecule has 12 nitrogen and oxygen atoms in total. The van der Waals surface area contributed by atoms with Crippen LogP contribution in [0.3, 0.4) is 0 Å². The number of nitro groups is 3. The van der Waals surface area contributed by atoms with Crippen LogP contribution in [-0.4, -0.2) is 25.0 Å². The van der Waals surface area contributed by atoms with E-state index in [-0.39, 0.29) is 28.6 Å². The normalized spacial score (nSPS) is 10.5. The zero-order chi connectivity index (χ0) is 18.8. The van der Waals surface area contributed by atoms with E-state index in [0.29, 0.717) is 0 Å². The molecule has 12 heteroatoms. The van der Waals surface area contributed by atoms with Crippen LogP contribution < -0.4 is 0 Å². The lowest BCUT2D eigenvalue weighted by Gasteiger charge is -1.98. The number of nitrogens with zero attached hydrogens (tertiary/aromatic N) is 5. The van der Waals surface area contributed by atoms with Gasteiger partial charge in [0.1, 0.15) is 5.56 Å². The first-order valence-electron chi connectivity index (χ1n) is 6.88. The third-order valence-corrected chi connectivity index (χ3v) is 3.35. The Hall–Kier alpha value is -4.22. The lowest BCUT2D eigenvalue weighted by Crippen LogP contribution is -1.95. The summed E-state index contributed by atoms with van der Waals surface area (Å²) in [6.45, 7) is 0. The Morgan fingerprint density at radius 1 is 0.769 bits per heavy atom. The smallest absolute Gasteiger partial charge is 0.288 e. The SMILES string of the molecule is O=[N+]([O-])c1cccc(-c2nnc(-c3ccc([N+](=O)[O-])cc3[N+](=O)[O-])o2)c1. The first kappa shape index (κ1) is 16.6. The maximum Gasteiger partial charge on any atom is 0.288 e. The summed E-state index contributed by atoms with van der Waals surface area (Å²) in [5.41, 5.74) is -1.08. The van der Waals surface area contributed by atoms with Crippen molar-refractivity contribution < 1.29 is 19.2 Å². The fourth-order valence-electron chi connectivity index (χ4n) is 2.17. The Bertz CT molecular complexity index is 1050. The summed E-state index contributed by atoms with van der Waals surface area (Å²) in [6.07, 6.45) is 0. The van der Waals surface area contributed by atoms with Gasteiger partial charge in [-0.05, 0) is 12.1 Å². The summed E-state index contributed by atoms with van der Waals surface area (Å²) in [5.74, 6) is -0.329. The molecule has 26 heavy (non-hydrogen) atoms. The number of hydrogen-bond donors (Lipinski definition) is 0. The van der Waals surface area contributed by atoms with Crippen molar-refractivity contribution >= 4 is 17.1 Å². The first-order chi connectivity index (χ1) is 12.4. The molecule has 0 atom stereocenters. The molecule has 0 spiro atoms. The van der Waals surface area contributed by atoms with Crippen molar-refractivity contribution in [1.29, 1.82) is 0 Å². The molecular formula is C14H7N5O7. The Labute approximate surface area is 143 Å². The summed E-state index contributed by atoms with van der Waals surface area (Å²) in [7, 11) is 0. The molecular weight excluding hydrogens is 350 g/mol. The molecule has 0 bridgehead atoms. The van der Waals surface area contributed by atoms with E-state index in [1.807, 2.05) is 0 Å². The summed E-state index contributed by atoms with van der Waals surface area (Å²) >= 11 is 0. The highest BCUT2D eigenvalue weighted by atomic mass is 16.6. The zero-order valence-corrected chi connectivity index (χ0v) is 12.6. The second-order valence-corrected chi connectivity index (χ2v) is 4.94. The summed E-state index contributed by atoms with van der Waals surface area (Å²) in [5, 5.41) is 40.2. The second-order valence-electron chi connectivity index (χ2n) is 4.94. The number of nitro benzene ring substituents is 3. The molecule has 3 aromatic rings. The Balaban J connectivity index is 2.05. The average molecular weight is 357 g/mol. The standard InChI is InChI=1S/C14H7N5O7/c20-17(21)9-3-1-2-8(6-9)13-15-16-14(26-13)11-5-4-10(18(22)23)7-12(11)19(24)25/h1-7H. The second kappa shape index (κ2) is 6.35. The molecule has 0 saturated heterocycles. The molecule has 1 heterocycles. The minimum atomic E-state index is -0.806. The molecule has 130 valence electrons. The summed E-state index contributed by atoms with van der Waals surface area (Å²) in [6, 6.07) is 8.39. The molecule has 0 saturated carbocycles. The topological polar surface area (TPSA) is 168 Å². The van der Waals surface area contributed by atoms with E-state index in [4.69, 9.17) is 4.42 Å². The number of benzene rings is 2. The minimum Gasteiger partial charge on any atom is -0.416 e. The Kier molecular flexibility index (Phi) is 4.06. The number of aromatic nitrogens is 2. The molecule has 0 amide bonds. The quantitative estimate of drug-likeness (QED) is 0.491. The average Bonchev–Trinajstić information content (AvgIpc) is 3.11.